The second kappa shape index (κ2) is 8.06. The van der Waals surface area contributed by atoms with Crippen molar-refractivity contribution in [2.45, 2.75) is 50.4 Å². The van der Waals surface area contributed by atoms with Crippen LogP contribution in [0, 0.1) is 0 Å². The van der Waals surface area contributed by atoms with E-state index < -0.39 is 5.97 Å². The molecule has 0 saturated heterocycles. The highest BCUT2D eigenvalue weighted by atomic mass is 32.1. The fourth-order valence-corrected chi connectivity index (χ4v) is 4.56. The molecular formula is C17H24BN3O3S. The van der Waals surface area contributed by atoms with Crippen molar-refractivity contribution in [2.75, 3.05) is 18.2 Å². The topological polar surface area (TPSA) is 97.5 Å². The van der Waals surface area contributed by atoms with Crippen LogP contribution < -0.4 is 11.1 Å². The minimum atomic E-state index is -0.424. The predicted molar refractivity (Wildman–Crippen MR) is 104 cm³/mol. The van der Waals surface area contributed by atoms with E-state index in [0.29, 0.717) is 29.9 Å². The molecule has 0 bridgehead atoms. The molecule has 1 aliphatic carbocycles. The zero-order chi connectivity index (χ0) is 17.8. The van der Waals surface area contributed by atoms with Crippen LogP contribution in [-0.4, -0.2) is 36.6 Å². The number of hydrogen-bond acceptors (Lipinski definition) is 7. The molecule has 1 aliphatic rings. The van der Waals surface area contributed by atoms with Crippen molar-refractivity contribution in [3.8, 4) is 0 Å². The molecule has 0 spiro atoms. The summed E-state index contributed by atoms with van der Waals surface area (Å²) in [5.41, 5.74) is 7.58. The van der Waals surface area contributed by atoms with Crippen LogP contribution in [0.25, 0.3) is 10.2 Å². The number of ether oxygens (including phenoxy) is 1. The second-order valence-electron chi connectivity index (χ2n) is 6.63. The highest BCUT2D eigenvalue weighted by Gasteiger charge is 2.22. The van der Waals surface area contributed by atoms with E-state index in [-0.39, 0.29) is 0 Å². The molecular weight excluding hydrogens is 337 g/mol. The van der Waals surface area contributed by atoms with Gasteiger partial charge in [0.2, 0.25) is 0 Å². The zero-order valence-corrected chi connectivity index (χ0v) is 15.3. The predicted octanol–water partition coefficient (Wildman–Crippen LogP) is 2.93. The van der Waals surface area contributed by atoms with Gasteiger partial charge in [-0.3, -0.25) is 0 Å². The number of nitrogens with one attached hydrogen (secondary N) is 1. The number of carbonyl (C=O) groups is 1. The first kappa shape index (κ1) is 18.0. The summed E-state index contributed by atoms with van der Waals surface area (Å²) in [4.78, 5) is 17.4. The van der Waals surface area contributed by atoms with Gasteiger partial charge in [-0.05, 0) is 24.7 Å². The lowest BCUT2D eigenvalue weighted by Crippen LogP contribution is -2.22. The van der Waals surface area contributed by atoms with E-state index in [4.69, 9.17) is 10.5 Å². The van der Waals surface area contributed by atoms with Crippen LogP contribution in [0.3, 0.4) is 0 Å². The van der Waals surface area contributed by atoms with E-state index in [9.17, 15) is 9.82 Å². The maximum Gasteiger partial charge on any atom is 0.350 e. The SMILES string of the molecule is COC(=O)c1sc2nccc(NC3CCCC(BO)CCC3)c2c1N. The molecule has 1 fully saturated rings. The van der Waals surface area contributed by atoms with Gasteiger partial charge in [0.05, 0.1) is 18.2 Å². The Morgan fingerprint density at radius 2 is 2.12 bits per heavy atom. The first-order valence-electron chi connectivity index (χ1n) is 8.76. The second-order valence-corrected chi connectivity index (χ2v) is 7.63. The Labute approximate surface area is 152 Å². The van der Waals surface area contributed by atoms with Crippen molar-refractivity contribution < 1.29 is 14.6 Å². The quantitative estimate of drug-likeness (QED) is 0.572. The van der Waals surface area contributed by atoms with E-state index >= 15 is 0 Å². The Bertz CT molecular complexity index is 742. The first-order valence-corrected chi connectivity index (χ1v) is 9.58. The molecule has 2 aromatic rings. The van der Waals surface area contributed by atoms with Crippen LogP contribution in [0.15, 0.2) is 12.3 Å². The van der Waals surface area contributed by atoms with E-state index in [1.807, 2.05) is 6.07 Å². The van der Waals surface area contributed by atoms with Crippen LogP contribution in [0.4, 0.5) is 11.4 Å². The van der Waals surface area contributed by atoms with Gasteiger partial charge >= 0.3 is 5.97 Å². The smallest absolute Gasteiger partial charge is 0.350 e. The van der Waals surface area contributed by atoms with Crippen LogP contribution in [0.1, 0.15) is 48.2 Å². The fourth-order valence-electron chi connectivity index (χ4n) is 3.55. The largest absolute Gasteiger partial charge is 0.465 e. The lowest BCUT2D eigenvalue weighted by molar-refractivity contribution is 0.0607. The Morgan fingerprint density at radius 3 is 2.76 bits per heavy atom. The normalized spacial score (nSPS) is 21.4. The average molecular weight is 361 g/mol. The van der Waals surface area contributed by atoms with E-state index in [1.165, 1.54) is 18.4 Å². The number of thiophene rings is 1. The molecule has 0 aromatic carbocycles. The monoisotopic (exact) mass is 361 g/mol. The van der Waals surface area contributed by atoms with Crippen LogP contribution in [-0.2, 0) is 4.74 Å². The Hall–Kier alpha value is -1.80. The lowest BCUT2D eigenvalue weighted by atomic mass is 9.72. The molecule has 0 aliphatic heterocycles. The summed E-state index contributed by atoms with van der Waals surface area (Å²) in [6, 6.07) is 2.29. The molecule has 0 amide bonds. The summed E-state index contributed by atoms with van der Waals surface area (Å²) in [6.07, 6.45) is 8.23. The van der Waals surface area contributed by atoms with Gasteiger partial charge in [-0.1, -0.05) is 25.7 Å². The number of nitrogens with two attached hydrogens (primary N) is 1. The minimum absolute atomic E-state index is 0.296. The molecule has 6 nitrogen and oxygen atoms in total. The number of carbonyl (C=O) groups excluding carboxylic acids is 1. The number of pyridine rings is 1. The highest BCUT2D eigenvalue weighted by Crippen LogP contribution is 2.38. The van der Waals surface area contributed by atoms with Gasteiger partial charge in [0.15, 0.2) is 0 Å². The number of esters is 1. The van der Waals surface area contributed by atoms with Crippen LogP contribution in [0.5, 0.6) is 0 Å². The van der Waals surface area contributed by atoms with Crippen LogP contribution in [0.2, 0.25) is 5.82 Å². The molecule has 4 N–H and O–H groups in total. The van der Waals surface area contributed by atoms with Crippen molar-refractivity contribution in [1.82, 2.24) is 4.98 Å². The Morgan fingerprint density at radius 1 is 1.40 bits per heavy atom. The number of rotatable bonds is 4. The zero-order valence-electron chi connectivity index (χ0n) is 14.5. The standard InChI is InChI=1S/C17H24BN3O3S/c1-24-17(22)15-14(19)13-12(8-9-20-16(13)25-15)21-11-6-2-4-10(18-23)5-3-7-11/h8-11,18,23H,2-7,19H2,1H3,(H,20,21). The molecule has 2 heterocycles. The molecule has 0 atom stereocenters. The Kier molecular flexibility index (Phi) is 5.80. The maximum atomic E-state index is 11.9. The van der Waals surface area contributed by atoms with Gasteiger partial charge in [-0.15, -0.1) is 11.3 Å². The Balaban J connectivity index is 1.81. The van der Waals surface area contributed by atoms with Gasteiger partial charge in [-0.2, -0.15) is 0 Å². The van der Waals surface area contributed by atoms with Crippen LogP contribution >= 0.6 is 11.3 Å². The van der Waals surface area contributed by atoms with Gasteiger partial charge < -0.3 is 20.8 Å². The van der Waals surface area contributed by atoms with Gasteiger partial charge in [-0.25, -0.2) is 9.78 Å². The third-order valence-corrected chi connectivity index (χ3v) is 6.04. The number of aromatic nitrogens is 1. The summed E-state index contributed by atoms with van der Waals surface area (Å²) in [6.45, 7) is 0. The summed E-state index contributed by atoms with van der Waals surface area (Å²) >= 11 is 1.27. The maximum absolute atomic E-state index is 11.9. The first-order chi connectivity index (χ1) is 12.1. The fraction of sp³-hybridized carbons (Fsp3) is 0.529. The van der Waals surface area contributed by atoms with Crippen molar-refractivity contribution in [3.63, 3.8) is 0 Å². The number of nitrogens with zero attached hydrogens (tertiary/aromatic N) is 1. The lowest BCUT2D eigenvalue weighted by Gasteiger charge is -2.25. The van der Waals surface area contributed by atoms with Crippen molar-refractivity contribution in [3.05, 3.63) is 17.1 Å². The number of methoxy groups -OCH3 is 1. The van der Waals surface area contributed by atoms with E-state index in [0.717, 1.165) is 54.4 Å². The minimum Gasteiger partial charge on any atom is -0.465 e. The van der Waals surface area contributed by atoms with Gasteiger partial charge in [0, 0.05) is 17.9 Å². The summed E-state index contributed by atoms with van der Waals surface area (Å²) in [7, 11) is 1.65. The van der Waals surface area contributed by atoms with Gasteiger partial charge in [0.1, 0.15) is 9.71 Å². The summed E-state index contributed by atoms with van der Waals surface area (Å²) in [5.74, 6) is 0.0242. The molecule has 2 aromatic heterocycles. The molecule has 134 valence electrons. The molecule has 0 radical (unpaired) electrons. The molecule has 8 heteroatoms. The molecule has 0 unspecified atom stereocenters. The van der Waals surface area contributed by atoms with Crippen molar-refractivity contribution in [2.24, 2.45) is 0 Å². The number of nitrogen functional groups attached to an aromatic ring is 1. The third-order valence-electron chi connectivity index (χ3n) is 4.95. The molecule has 3 rings (SSSR count). The van der Waals surface area contributed by atoms with E-state index in [2.05, 4.69) is 10.3 Å². The number of anilines is 2. The molecule has 1 saturated carbocycles. The number of hydrogen-bond donors (Lipinski definition) is 3. The van der Waals surface area contributed by atoms with E-state index in [1.54, 1.807) is 6.20 Å². The van der Waals surface area contributed by atoms with Crippen molar-refractivity contribution in [1.29, 1.82) is 0 Å². The average Bonchev–Trinajstić information content (AvgIpc) is 2.94. The summed E-state index contributed by atoms with van der Waals surface area (Å²) in [5, 5.41) is 13.8. The molecule has 25 heavy (non-hydrogen) atoms. The summed E-state index contributed by atoms with van der Waals surface area (Å²) < 4.78 is 4.81. The van der Waals surface area contributed by atoms with Crippen molar-refractivity contribution >= 4 is 46.4 Å². The van der Waals surface area contributed by atoms with Gasteiger partial charge in [0.25, 0.3) is 7.48 Å². The number of fused-ring (bicyclic) bond motifs is 1. The third kappa shape index (κ3) is 3.90. The highest BCUT2D eigenvalue weighted by molar-refractivity contribution is 7.21.